The summed E-state index contributed by atoms with van der Waals surface area (Å²) in [6.07, 6.45) is 4.76. The Morgan fingerprint density at radius 2 is 1.94 bits per heavy atom. The lowest BCUT2D eigenvalue weighted by Crippen LogP contribution is -2.50. The average Bonchev–Trinajstić information content (AvgIpc) is 2.36. The first kappa shape index (κ1) is 13.1. The molecule has 3 nitrogen and oxygen atoms in total. The first-order valence-electron chi connectivity index (χ1n) is 6.00. The molecule has 0 radical (unpaired) electrons. The van der Waals surface area contributed by atoms with E-state index in [4.69, 9.17) is 5.73 Å². The van der Waals surface area contributed by atoms with E-state index in [0.717, 1.165) is 19.5 Å². The minimum Gasteiger partial charge on any atom is -0.329 e. The fraction of sp³-hybridized carbons (Fsp3) is 0.615. The second-order valence-electron chi connectivity index (χ2n) is 4.42. The minimum absolute atomic E-state index is 0.0953. The SMILES string of the molecule is CCN(Cc1ccncc1)C(C)(CC)CN. The number of nitrogens with zero attached hydrogens (tertiary/aromatic N) is 2. The lowest BCUT2D eigenvalue weighted by molar-refractivity contribution is 0.104. The third-order valence-corrected chi connectivity index (χ3v) is 3.47. The summed E-state index contributed by atoms with van der Waals surface area (Å²) in [6, 6.07) is 4.13. The van der Waals surface area contributed by atoms with Crippen molar-refractivity contribution in [2.24, 2.45) is 5.73 Å². The maximum Gasteiger partial charge on any atom is 0.0304 e. The van der Waals surface area contributed by atoms with E-state index < -0.39 is 0 Å². The largest absolute Gasteiger partial charge is 0.329 e. The highest BCUT2D eigenvalue weighted by molar-refractivity contribution is 5.10. The quantitative estimate of drug-likeness (QED) is 0.799. The van der Waals surface area contributed by atoms with Crippen molar-refractivity contribution < 1.29 is 0 Å². The Hall–Kier alpha value is -0.930. The van der Waals surface area contributed by atoms with Crippen LogP contribution in [0.15, 0.2) is 24.5 Å². The number of pyridine rings is 1. The molecule has 0 spiro atoms. The highest BCUT2D eigenvalue weighted by Crippen LogP contribution is 2.20. The summed E-state index contributed by atoms with van der Waals surface area (Å²) in [6.45, 7) is 9.28. The lowest BCUT2D eigenvalue weighted by atomic mass is 9.96. The van der Waals surface area contributed by atoms with Crippen LogP contribution in [0.3, 0.4) is 0 Å². The third kappa shape index (κ3) is 3.03. The Labute approximate surface area is 98.7 Å². The van der Waals surface area contributed by atoms with Crippen molar-refractivity contribution >= 4 is 0 Å². The zero-order valence-electron chi connectivity index (χ0n) is 10.6. The molecule has 1 atom stereocenters. The van der Waals surface area contributed by atoms with Gasteiger partial charge in [0.1, 0.15) is 0 Å². The van der Waals surface area contributed by atoms with Crippen LogP contribution in [-0.2, 0) is 6.54 Å². The summed E-state index contributed by atoms with van der Waals surface area (Å²) in [5.74, 6) is 0. The Morgan fingerprint density at radius 1 is 1.31 bits per heavy atom. The van der Waals surface area contributed by atoms with Crippen molar-refractivity contribution in [1.29, 1.82) is 0 Å². The van der Waals surface area contributed by atoms with Gasteiger partial charge in [-0.1, -0.05) is 13.8 Å². The fourth-order valence-electron chi connectivity index (χ4n) is 1.89. The van der Waals surface area contributed by atoms with Gasteiger partial charge < -0.3 is 5.73 Å². The van der Waals surface area contributed by atoms with Gasteiger partial charge in [-0.3, -0.25) is 9.88 Å². The summed E-state index contributed by atoms with van der Waals surface area (Å²) in [7, 11) is 0. The van der Waals surface area contributed by atoms with Gasteiger partial charge in [0.25, 0.3) is 0 Å². The molecule has 90 valence electrons. The monoisotopic (exact) mass is 221 g/mol. The van der Waals surface area contributed by atoms with Crippen molar-refractivity contribution in [3.05, 3.63) is 30.1 Å². The van der Waals surface area contributed by atoms with Gasteiger partial charge in [-0.15, -0.1) is 0 Å². The van der Waals surface area contributed by atoms with Gasteiger partial charge in [0.2, 0.25) is 0 Å². The molecular weight excluding hydrogens is 198 g/mol. The second kappa shape index (κ2) is 5.97. The predicted molar refractivity (Wildman–Crippen MR) is 68.1 cm³/mol. The van der Waals surface area contributed by atoms with E-state index in [-0.39, 0.29) is 5.54 Å². The highest BCUT2D eigenvalue weighted by atomic mass is 15.2. The molecule has 0 aliphatic carbocycles. The Morgan fingerprint density at radius 3 is 2.38 bits per heavy atom. The Kier molecular flexibility index (Phi) is 4.90. The molecule has 3 heteroatoms. The molecule has 2 N–H and O–H groups in total. The number of nitrogens with two attached hydrogens (primary N) is 1. The standard InChI is InChI=1S/C13H23N3/c1-4-13(3,11-14)16(5-2)10-12-6-8-15-9-7-12/h6-9H,4-5,10-11,14H2,1-3H3. The van der Waals surface area contributed by atoms with E-state index in [1.165, 1.54) is 5.56 Å². The van der Waals surface area contributed by atoms with Crippen LogP contribution >= 0.6 is 0 Å². The normalized spacial score (nSPS) is 15.1. The van der Waals surface area contributed by atoms with Gasteiger partial charge in [-0.05, 0) is 37.6 Å². The molecule has 0 aliphatic rings. The maximum atomic E-state index is 5.89. The van der Waals surface area contributed by atoms with Crippen LogP contribution in [0.2, 0.25) is 0 Å². The Bertz CT molecular complexity index is 293. The van der Waals surface area contributed by atoms with E-state index in [1.807, 2.05) is 12.4 Å². The summed E-state index contributed by atoms with van der Waals surface area (Å²) >= 11 is 0. The van der Waals surface area contributed by atoms with E-state index in [9.17, 15) is 0 Å². The molecule has 1 unspecified atom stereocenters. The number of aromatic nitrogens is 1. The topological polar surface area (TPSA) is 42.2 Å². The molecule has 1 rings (SSSR count). The highest BCUT2D eigenvalue weighted by Gasteiger charge is 2.27. The number of rotatable bonds is 6. The molecule has 0 aromatic carbocycles. The molecule has 0 saturated carbocycles. The molecule has 0 saturated heterocycles. The molecule has 0 bridgehead atoms. The van der Waals surface area contributed by atoms with E-state index in [2.05, 4.69) is 42.8 Å². The van der Waals surface area contributed by atoms with Gasteiger partial charge >= 0.3 is 0 Å². The van der Waals surface area contributed by atoms with E-state index in [0.29, 0.717) is 6.54 Å². The van der Waals surface area contributed by atoms with Gasteiger partial charge in [-0.2, -0.15) is 0 Å². The van der Waals surface area contributed by atoms with Gasteiger partial charge in [0.15, 0.2) is 0 Å². The van der Waals surface area contributed by atoms with Crippen LogP contribution < -0.4 is 5.73 Å². The van der Waals surface area contributed by atoms with Gasteiger partial charge in [-0.25, -0.2) is 0 Å². The van der Waals surface area contributed by atoms with Crippen LogP contribution in [0, 0.1) is 0 Å². The van der Waals surface area contributed by atoms with Crippen molar-refractivity contribution in [2.45, 2.75) is 39.3 Å². The zero-order valence-corrected chi connectivity index (χ0v) is 10.6. The number of likely N-dealkylation sites (N-methyl/N-ethyl adjacent to an activating group) is 1. The van der Waals surface area contributed by atoms with Crippen molar-refractivity contribution in [1.82, 2.24) is 9.88 Å². The maximum absolute atomic E-state index is 5.89. The first-order valence-corrected chi connectivity index (χ1v) is 6.00. The summed E-state index contributed by atoms with van der Waals surface area (Å²) < 4.78 is 0. The number of hydrogen-bond donors (Lipinski definition) is 1. The third-order valence-electron chi connectivity index (χ3n) is 3.47. The van der Waals surface area contributed by atoms with E-state index in [1.54, 1.807) is 0 Å². The summed E-state index contributed by atoms with van der Waals surface area (Å²) in [5, 5.41) is 0. The number of hydrogen-bond acceptors (Lipinski definition) is 3. The van der Waals surface area contributed by atoms with Crippen LogP contribution in [0.4, 0.5) is 0 Å². The van der Waals surface area contributed by atoms with Gasteiger partial charge in [0, 0.05) is 31.0 Å². The van der Waals surface area contributed by atoms with Crippen molar-refractivity contribution in [3.63, 3.8) is 0 Å². The molecular formula is C13H23N3. The fourth-order valence-corrected chi connectivity index (χ4v) is 1.89. The average molecular weight is 221 g/mol. The van der Waals surface area contributed by atoms with Gasteiger partial charge in [0.05, 0.1) is 0 Å². The van der Waals surface area contributed by atoms with Crippen molar-refractivity contribution in [3.8, 4) is 0 Å². The first-order chi connectivity index (χ1) is 7.66. The molecule has 16 heavy (non-hydrogen) atoms. The van der Waals surface area contributed by atoms with E-state index >= 15 is 0 Å². The minimum atomic E-state index is 0.0953. The zero-order chi connectivity index (χ0) is 12.0. The molecule has 0 fully saturated rings. The van der Waals surface area contributed by atoms with Crippen LogP contribution in [-0.4, -0.2) is 28.5 Å². The summed E-state index contributed by atoms with van der Waals surface area (Å²) in [5.41, 5.74) is 7.29. The van der Waals surface area contributed by atoms with Crippen LogP contribution in [0.5, 0.6) is 0 Å². The van der Waals surface area contributed by atoms with Crippen LogP contribution in [0.1, 0.15) is 32.8 Å². The molecule has 1 aromatic rings. The second-order valence-corrected chi connectivity index (χ2v) is 4.42. The molecule has 0 aliphatic heterocycles. The van der Waals surface area contributed by atoms with Crippen molar-refractivity contribution in [2.75, 3.05) is 13.1 Å². The van der Waals surface area contributed by atoms with Crippen LogP contribution in [0.25, 0.3) is 0 Å². The Balaban J connectivity index is 2.76. The summed E-state index contributed by atoms with van der Waals surface area (Å²) in [4.78, 5) is 6.47. The lowest BCUT2D eigenvalue weighted by Gasteiger charge is -2.39. The smallest absolute Gasteiger partial charge is 0.0304 e. The predicted octanol–water partition coefficient (Wildman–Crippen LogP) is 2.03. The molecule has 1 heterocycles. The molecule has 0 amide bonds. The molecule has 1 aromatic heterocycles.